The fraction of sp³-hybridized carbons (Fsp3) is 0.214. The molecule has 78 valence electrons. The second-order valence-corrected chi connectivity index (χ2v) is 3.42. The van der Waals surface area contributed by atoms with Gasteiger partial charge in [-0.05, 0) is 31.1 Å². The van der Waals surface area contributed by atoms with E-state index in [0.29, 0.717) is 0 Å². The smallest absolute Gasteiger partial charge is 0.0476 e. The molecule has 0 saturated heterocycles. The first-order valence-electron chi connectivity index (χ1n) is 5.12. The highest BCUT2D eigenvalue weighted by Crippen LogP contribution is 2.11. The zero-order valence-electron chi connectivity index (χ0n) is 9.40. The van der Waals surface area contributed by atoms with Crippen LogP contribution >= 0.6 is 0 Å². The molecule has 0 atom stereocenters. The number of hydrogen-bond acceptors (Lipinski definition) is 1. The van der Waals surface area contributed by atoms with Gasteiger partial charge in [0.2, 0.25) is 0 Å². The first-order chi connectivity index (χ1) is 7.27. The summed E-state index contributed by atoms with van der Waals surface area (Å²) in [7, 11) is 0. The summed E-state index contributed by atoms with van der Waals surface area (Å²) in [6.45, 7) is 7.82. The molecule has 1 heteroatoms. The highest BCUT2D eigenvalue weighted by Gasteiger charge is 2.00. The van der Waals surface area contributed by atoms with E-state index < -0.39 is 0 Å². The predicted octanol–water partition coefficient (Wildman–Crippen LogP) is 3.62. The summed E-state index contributed by atoms with van der Waals surface area (Å²) < 4.78 is 0. The van der Waals surface area contributed by atoms with Gasteiger partial charge in [0.1, 0.15) is 0 Å². The Morgan fingerprint density at radius 3 is 2.93 bits per heavy atom. The van der Waals surface area contributed by atoms with Crippen LogP contribution in [0.2, 0.25) is 0 Å². The summed E-state index contributed by atoms with van der Waals surface area (Å²) in [5, 5.41) is 0. The lowest BCUT2D eigenvalue weighted by Crippen LogP contribution is -1.95. The molecule has 0 radical (unpaired) electrons. The fourth-order valence-electron chi connectivity index (χ4n) is 1.44. The third kappa shape index (κ3) is 3.55. The standard InChI is InChI=1S/C14H17N/c1-4-7-13(8-5-2)11-14-12(3)9-6-10-15-14/h4-10H,1,11H2,2-3H3/b8-5-,13-7+. The van der Waals surface area contributed by atoms with E-state index in [1.807, 2.05) is 37.4 Å². The summed E-state index contributed by atoms with van der Waals surface area (Å²) >= 11 is 0. The Bertz CT molecular complexity index is 386. The number of pyridine rings is 1. The van der Waals surface area contributed by atoms with Gasteiger partial charge in [0.05, 0.1) is 0 Å². The second-order valence-electron chi connectivity index (χ2n) is 3.42. The van der Waals surface area contributed by atoms with Crippen molar-refractivity contribution >= 4 is 0 Å². The van der Waals surface area contributed by atoms with Crippen molar-refractivity contribution in [1.82, 2.24) is 4.98 Å². The van der Waals surface area contributed by atoms with E-state index in [1.54, 1.807) is 0 Å². The van der Waals surface area contributed by atoms with Gasteiger partial charge < -0.3 is 0 Å². The molecule has 0 unspecified atom stereocenters. The van der Waals surface area contributed by atoms with Crippen LogP contribution < -0.4 is 0 Å². The minimum absolute atomic E-state index is 0.864. The van der Waals surface area contributed by atoms with Crippen LogP contribution in [0.4, 0.5) is 0 Å². The molecule has 1 aromatic heterocycles. The van der Waals surface area contributed by atoms with Crippen molar-refractivity contribution in [3.8, 4) is 0 Å². The molecule has 0 saturated carbocycles. The first-order valence-corrected chi connectivity index (χ1v) is 5.12. The van der Waals surface area contributed by atoms with Crippen LogP contribution in [-0.2, 0) is 6.42 Å². The number of aryl methyl sites for hydroxylation is 1. The van der Waals surface area contributed by atoms with E-state index in [0.717, 1.165) is 12.1 Å². The monoisotopic (exact) mass is 199 g/mol. The van der Waals surface area contributed by atoms with E-state index in [9.17, 15) is 0 Å². The topological polar surface area (TPSA) is 12.9 Å². The molecule has 1 rings (SSSR count). The quantitative estimate of drug-likeness (QED) is 0.675. The molecule has 0 aromatic carbocycles. The molecule has 0 fully saturated rings. The van der Waals surface area contributed by atoms with Gasteiger partial charge in [-0.15, -0.1) is 0 Å². The number of nitrogens with zero attached hydrogens (tertiary/aromatic N) is 1. The minimum atomic E-state index is 0.864. The van der Waals surface area contributed by atoms with Gasteiger partial charge in [0.25, 0.3) is 0 Å². The van der Waals surface area contributed by atoms with Crippen LogP contribution in [0, 0.1) is 6.92 Å². The Kier molecular flexibility index (Phi) is 4.55. The van der Waals surface area contributed by atoms with Gasteiger partial charge in [-0.25, -0.2) is 0 Å². The van der Waals surface area contributed by atoms with Crippen molar-refractivity contribution < 1.29 is 0 Å². The Hall–Kier alpha value is -1.63. The molecule has 0 N–H and O–H groups in total. The van der Waals surface area contributed by atoms with Crippen LogP contribution in [0.3, 0.4) is 0 Å². The van der Waals surface area contributed by atoms with Gasteiger partial charge in [-0.3, -0.25) is 4.98 Å². The lowest BCUT2D eigenvalue weighted by atomic mass is 10.1. The summed E-state index contributed by atoms with van der Waals surface area (Å²) in [6, 6.07) is 4.05. The molecular formula is C14H17N. The van der Waals surface area contributed by atoms with E-state index in [4.69, 9.17) is 0 Å². The van der Waals surface area contributed by atoms with Crippen molar-refractivity contribution in [3.63, 3.8) is 0 Å². The normalized spacial score (nSPS) is 12.0. The van der Waals surface area contributed by atoms with Crippen LogP contribution in [0.1, 0.15) is 18.2 Å². The average Bonchev–Trinajstić information content (AvgIpc) is 2.22. The van der Waals surface area contributed by atoms with Crippen LogP contribution in [0.15, 0.2) is 54.8 Å². The van der Waals surface area contributed by atoms with Crippen molar-refractivity contribution in [2.24, 2.45) is 0 Å². The molecule has 1 heterocycles. The maximum absolute atomic E-state index is 4.37. The van der Waals surface area contributed by atoms with Gasteiger partial charge in [0.15, 0.2) is 0 Å². The largest absolute Gasteiger partial charge is 0.261 e. The zero-order chi connectivity index (χ0) is 11.1. The molecule has 0 aliphatic rings. The summed E-state index contributed by atoms with van der Waals surface area (Å²) in [6.07, 6.45) is 10.7. The van der Waals surface area contributed by atoms with E-state index >= 15 is 0 Å². The van der Waals surface area contributed by atoms with Gasteiger partial charge >= 0.3 is 0 Å². The van der Waals surface area contributed by atoms with Gasteiger partial charge in [-0.1, -0.05) is 36.9 Å². The van der Waals surface area contributed by atoms with Crippen LogP contribution in [-0.4, -0.2) is 4.98 Å². The predicted molar refractivity (Wildman–Crippen MR) is 65.8 cm³/mol. The summed E-state index contributed by atoms with van der Waals surface area (Å²) in [5.74, 6) is 0. The number of aromatic nitrogens is 1. The lowest BCUT2D eigenvalue weighted by molar-refractivity contribution is 1.04. The molecule has 0 amide bonds. The number of allylic oxidation sites excluding steroid dienone is 5. The maximum atomic E-state index is 4.37. The van der Waals surface area contributed by atoms with Crippen molar-refractivity contribution in [2.75, 3.05) is 0 Å². The molecule has 1 aromatic rings. The van der Waals surface area contributed by atoms with E-state index in [2.05, 4.69) is 30.6 Å². The fourth-order valence-corrected chi connectivity index (χ4v) is 1.44. The average molecular weight is 199 g/mol. The molecule has 1 nitrogen and oxygen atoms in total. The van der Waals surface area contributed by atoms with Crippen LogP contribution in [0.25, 0.3) is 0 Å². The molecule has 15 heavy (non-hydrogen) atoms. The second kappa shape index (κ2) is 5.97. The van der Waals surface area contributed by atoms with Crippen molar-refractivity contribution in [1.29, 1.82) is 0 Å². The highest BCUT2D eigenvalue weighted by atomic mass is 14.7. The SMILES string of the molecule is C=C/C=C(\C=C/C)Cc1ncccc1C. The Labute approximate surface area is 91.9 Å². The van der Waals surface area contributed by atoms with Gasteiger partial charge in [-0.2, -0.15) is 0 Å². The zero-order valence-corrected chi connectivity index (χ0v) is 9.40. The summed E-state index contributed by atoms with van der Waals surface area (Å²) in [4.78, 5) is 4.37. The highest BCUT2D eigenvalue weighted by molar-refractivity contribution is 5.30. The van der Waals surface area contributed by atoms with Crippen molar-refractivity contribution in [2.45, 2.75) is 20.3 Å². The minimum Gasteiger partial charge on any atom is -0.261 e. The number of hydrogen-bond donors (Lipinski definition) is 0. The Balaban J connectivity index is 2.88. The van der Waals surface area contributed by atoms with Gasteiger partial charge in [0, 0.05) is 18.3 Å². The van der Waals surface area contributed by atoms with E-state index in [-0.39, 0.29) is 0 Å². The third-order valence-corrected chi connectivity index (χ3v) is 2.20. The maximum Gasteiger partial charge on any atom is 0.0476 e. The Morgan fingerprint density at radius 2 is 2.33 bits per heavy atom. The summed E-state index contributed by atoms with van der Waals surface area (Å²) in [5.41, 5.74) is 3.59. The molecular weight excluding hydrogens is 182 g/mol. The molecule has 0 spiro atoms. The number of rotatable bonds is 4. The molecule has 0 aliphatic heterocycles. The molecule has 0 bridgehead atoms. The Morgan fingerprint density at radius 1 is 1.53 bits per heavy atom. The third-order valence-electron chi connectivity index (χ3n) is 2.20. The first kappa shape index (κ1) is 11.4. The molecule has 0 aliphatic carbocycles. The van der Waals surface area contributed by atoms with Crippen LogP contribution in [0.5, 0.6) is 0 Å². The lowest BCUT2D eigenvalue weighted by Gasteiger charge is -2.04. The van der Waals surface area contributed by atoms with E-state index in [1.165, 1.54) is 11.1 Å². The van der Waals surface area contributed by atoms with Crippen molar-refractivity contribution in [3.05, 3.63) is 66.0 Å².